The molecule has 0 spiro atoms. The second-order valence-electron chi connectivity index (χ2n) is 3.21. The summed E-state index contributed by atoms with van der Waals surface area (Å²) in [5.74, 6) is 0.479. The number of hydrogen-bond acceptors (Lipinski definition) is 4. The van der Waals surface area contributed by atoms with Gasteiger partial charge in [0.25, 0.3) is 0 Å². The van der Waals surface area contributed by atoms with Gasteiger partial charge in [-0.3, -0.25) is 0 Å². The second kappa shape index (κ2) is 3.13. The van der Waals surface area contributed by atoms with Crippen LogP contribution in [0.1, 0.15) is 11.4 Å². The van der Waals surface area contributed by atoms with E-state index < -0.39 is 0 Å². The lowest BCUT2D eigenvalue weighted by molar-refractivity contribution is 0.607. The minimum absolute atomic E-state index is 0.479. The van der Waals surface area contributed by atoms with Gasteiger partial charge in [0.1, 0.15) is 0 Å². The van der Waals surface area contributed by atoms with Crippen molar-refractivity contribution in [3.63, 3.8) is 0 Å². The van der Waals surface area contributed by atoms with Crippen LogP contribution in [0.4, 0.5) is 5.82 Å². The van der Waals surface area contributed by atoms with Gasteiger partial charge in [0, 0.05) is 7.05 Å². The average molecular weight is 192 g/mol. The van der Waals surface area contributed by atoms with Crippen LogP contribution in [0.2, 0.25) is 0 Å². The SMILES string of the molecule is Cc1c(N)nnn1Cc1cncn1C. The summed E-state index contributed by atoms with van der Waals surface area (Å²) in [6.07, 6.45) is 3.56. The maximum Gasteiger partial charge on any atom is 0.168 e. The molecule has 0 saturated carbocycles. The van der Waals surface area contributed by atoms with Crippen molar-refractivity contribution < 1.29 is 0 Å². The van der Waals surface area contributed by atoms with Crippen LogP contribution in [0.3, 0.4) is 0 Å². The lowest BCUT2D eigenvalue weighted by atomic mass is 10.4. The van der Waals surface area contributed by atoms with Crippen LogP contribution in [0.25, 0.3) is 0 Å². The first-order chi connectivity index (χ1) is 6.68. The fourth-order valence-corrected chi connectivity index (χ4v) is 1.21. The summed E-state index contributed by atoms with van der Waals surface area (Å²) in [6, 6.07) is 0. The molecule has 0 saturated heterocycles. The molecule has 0 amide bonds. The van der Waals surface area contributed by atoms with Crippen LogP contribution >= 0.6 is 0 Å². The van der Waals surface area contributed by atoms with E-state index in [1.54, 1.807) is 17.2 Å². The Kier molecular flexibility index (Phi) is 1.95. The summed E-state index contributed by atoms with van der Waals surface area (Å²) < 4.78 is 3.70. The second-order valence-corrected chi connectivity index (χ2v) is 3.21. The molecule has 0 bridgehead atoms. The first-order valence-electron chi connectivity index (χ1n) is 4.29. The predicted octanol–water partition coefficient (Wildman–Crippen LogP) is -0.0495. The molecule has 2 heterocycles. The average Bonchev–Trinajstić information content (AvgIpc) is 2.68. The molecule has 2 rings (SSSR count). The van der Waals surface area contributed by atoms with E-state index in [1.807, 2.05) is 18.5 Å². The molecule has 0 atom stereocenters. The standard InChI is InChI=1S/C8H12N6/c1-6-8(9)11-12-14(6)4-7-3-10-5-13(7)2/h3,5H,4,9H2,1-2H3. The summed E-state index contributed by atoms with van der Waals surface area (Å²) in [4.78, 5) is 4.02. The molecule has 0 aromatic carbocycles. The molecule has 2 aromatic heterocycles. The van der Waals surface area contributed by atoms with Crippen LogP contribution in [0.5, 0.6) is 0 Å². The Labute approximate surface area is 81.4 Å². The van der Waals surface area contributed by atoms with Crippen molar-refractivity contribution in [3.8, 4) is 0 Å². The van der Waals surface area contributed by atoms with Crippen LogP contribution in [0, 0.1) is 6.92 Å². The molecule has 6 nitrogen and oxygen atoms in total. The number of aryl methyl sites for hydroxylation is 1. The third-order valence-electron chi connectivity index (χ3n) is 2.25. The summed E-state index contributed by atoms with van der Waals surface area (Å²) in [5, 5.41) is 7.72. The summed E-state index contributed by atoms with van der Waals surface area (Å²) in [6.45, 7) is 2.54. The van der Waals surface area contributed by atoms with E-state index in [1.165, 1.54) is 0 Å². The van der Waals surface area contributed by atoms with E-state index in [0.29, 0.717) is 12.4 Å². The van der Waals surface area contributed by atoms with Gasteiger partial charge < -0.3 is 10.3 Å². The lowest BCUT2D eigenvalue weighted by Crippen LogP contribution is -2.07. The number of hydrogen-bond donors (Lipinski definition) is 1. The molecule has 0 radical (unpaired) electrons. The Balaban J connectivity index is 2.27. The molecule has 0 fully saturated rings. The van der Waals surface area contributed by atoms with Crippen molar-refractivity contribution in [3.05, 3.63) is 23.9 Å². The van der Waals surface area contributed by atoms with Gasteiger partial charge in [0.2, 0.25) is 0 Å². The van der Waals surface area contributed by atoms with Crippen LogP contribution in [0.15, 0.2) is 12.5 Å². The van der Waals surface area contributed by atoms with E-state index in [0.717, 1.165) is 11.4 Å². The fourth-order valence-electron chi connectivity index (χ4n) is 1.21. The van der Waals surface area contributed by atoms with Crippen molar-refractivity contribution in [2.45, 2.75) is 13.5 Å². The maximum absolute atomic E-state index is 5.59. The highest BCUT2D eigenvalue weighted by molar-refractivity contribution is 5.31. The van der Waals surface area contributed by atoms with Gasteiger partial charge >= 0.3 is 0 Å². The molecule has 74 valence electrons. The molecule has 0 aliphatic carbocycles. The number of aromatic nitrogens is 5. The molecular weight excluding hydrogens is 180 g/mol. The topological polar surface area (TPSA) is 74.6 Å². The Morgan fingerprint density at radius 3 is 2.79 bits per heavy atom. The number of nitrogen functional groups attached to an aromatic ring is 1. The molecule has 0 aliphatic rings. The maximum atomic E-state index is 5.59. The van der Waals surface area contributed by atoms with Gasteiger partial charge in [0.05, 0.1) is 30.5 Å². The number of imidazole rings is 1. The Morgan fingerprint density at radius 1 is 1.50 bits per heavy atom. The molecule has 2 aromatic rings. The van der Waals surface area contributed by atoms with Gasteiger partial charge in [-0.15, -0.1) is 5.10 Å². The van der Waals surface area contributed by atoms with E-state index in [-0.39, 0.29) is 0 Å². The first kappa shape index (κ1) is 8.74. The third kappa shape index (κ3) is 1.34. The normalized spacial score (nSPS) is 10.7. The van der Waals surface area contributed by atoms with Gasteiger partial charge in [-0.25, -0.2) is 9.67 Å². The quantitative estimate of drug-likeness (QED) is 0.724. The molecule has 2 N–H and O–H groups in total. The van der Waals surface area contributed by atoms with Gasteiger partial charge in [-0.2, -0.15) is 0 Å². The number of rotatable bonds is 2. The van der Waals surface area contributed by atoms with Crippen LogP contribution in [-0.2, 0) is 13.6 Å². The van der Waals surface area contributed by atoms with Crippen molar-refractivity contribution >= 4 is 5.82 Å². The summed E-state index contributed by atoms with van der Waals surface area (Å²) in [5.41, 5.74) is 7.54. The van der Waals surface area contributed by atoms with E-state index in [2.05, 4.69) is 15.3 Å². The van der Waals surface area contributed by atoms with Crippen molar-refractivity contribution in [1.29, 1.82) is 0 Å². The fraction of sp³-hybridized carbons (Fsp3) is 0.375. The van der Waals surface area contributed by atoms with Gasteiger partial charge in [-0.1, -0.05) is 5.21 Å². The van der Waals surface area contributed by atoms with Crippen LogP contribution < -0.4 is 5.73 Å². The highest BCUT2D eigenvalue weighted by Crippen LogP contribution is 2.07. The highest BCUT2D eigenvalue weighted by Gasteiger charge is 2.06. The lowest BCUT2D eigenvalue weighted by Gasteiger charge is -2.03. The molecule has 0 unspecified atom stereocenters. The monoisotopic (exact) mass is 192 g/mol. The van der Waals surface area contributed by atoms with E-state index in [4.69, 9.17) is 5.73 Å². The molecule has 0 aliphatic heterocycles. The number of nitrogens with zero attached hydrogens (tertiary/aromatic N) is 5. The predicted molar refractivity (Wildman–Crippen MR) is 51.5 cm³/mol. The molecule has 14 heavy (non-hydrogen) atoms. The van der Waals surface area contributed by atoms with E-state index >= 15 is 0 Å². The third-order valence-corrected chi connectivity index (χ3v) is 2.25. The molecule has 6 heteroatoms. The minimum Gasteiger partial charge on any atom is -0.381 e. The van der Waals surface area contributed by atoms with Gasteiger partial charge in [-0.05, 0) is 6.92 Å². The zero-order valence-electron chi connectivity index (χ0n) is 8.18. The molecular formula is C8H12N6. The summed E-state index contributed by atoms with van der Waals surface area (Å²) >= 11 is 0. The first-order valence-corrected chi connectivity index (χ1v) is 4.29. The smallest absolute Gasteiger partial charge is 0.168 e. The van der Waals surface area contributed by atoms with Crippen molar-refractivity contribution in [2.24, 2.45) is 7.05 Å². The Morgan fingerprint density at radius 2 is 2.29 bits per heavy atom. The van der Waals surface area contributed by atoms with Crippen LogP contribution in [-0.4, -0.2) is 24.5 Å². The highest BCUT2D eigenvalue weighted by atomic mass is 15.4. The Bertz CT molecular complexity index is 440. The Hall–Kier alpha value is -1.85. The van der Waals surface area contributed by atoms with Gasteiger partial charge in [0.15, 0.2) is 5.82 Å². The van der Waals surface area contributed by atoms with E-state index in [9.17, 15) is 0 Å². The van der Waals surface area contributed by atoms with Crippen molar-refractivity contribution in [2.75, 3.05) is 5.73 Å². The minimum atomic E-state index is 0.479. The number of nitrogens with two attached hydrogens (primary N) is 1. The number of anilines is 1. The van der Waals surface area contributed by atoms with Crippen molar-refractivity contribution in [1.82, 2.24) is 24.5 Å². The largest absolute Gasteiger partial charge is 0.381 e. The zero-order chi connectivity index (χ0) is 10.1. The summed E-state index contributed by atoms with van der Waals surface area (Å²) in [7, 11) is 1.94. The zero-order valence-corrected chi connectivity index (χ0v) is 8.18.